The van der Waals surface area contributed by atoms with Crippen LogP contribution >= 0.6 is 0 Å². The molecular formula is C13H8F3NO2. The van der Waals surface area contributed by atoms with Crippen molar-refractivity contribution in [3.05, 3.63) is 53.9 Å². The first kappa shape index (κ1) is 13.1. The Morgan fingerprint density at radius 2 is 1.89 bits per heavy atom. The van der Waals surface area contributed by atoms with Crippen LogP contribution in [-0.4, -0.2) is 16.1 Å². The lowest BCUT2D eigenvalue weighted by molar-refractivity contribution is -0.137. The van der Waals surface area contributed by atoms with Crippen molar-refractivity contribution in [3.63, 3.8) is 0 Å². The minimum absolute atomic E-state index is 0.154. The number of rotatable bonds is 2. The van der Waals surface area contributed by atoms with Crippen LogP contribution in [0.2, 0.25) is 0 Å². The molecule has 1 N–H and O–H groups in total. The lowest BCUT2D eigenvalue weighted by Gasteiger charge is -2.10. The Balaban J connectivity index is 2.57. The highest BCUT2D eigenvalue weighted by molar-refractivity contribution is 5.93. The van der Waals surface area contributed by atoms with Crippen LogP contribution < -0.4 is 0 Å². The van der Waals surface area contributed by atoms with E-state index in [9.17, 15) is 18.0 Å². The predicted octanol–water partition coefficient (Wildman–Crippen LogP) is 3.47. The van der Waals surface area contributed by atoms with E-state index in [1.54, 1.807) is 0 Å². The van der Waals surface area contributed by atoms with Crippen LogP contribution in [0.15, 0.2) is 42.6 Å². The molecule has 2 rings (SSSR count). The van der Waals surface area contributed by atoms with Crippen molar-refractivity contribution in [2.75, 3.05) is 0 Å². The van der Waals surface area contributed by atoms with Crippen molar-refractivity contribution in [1.29, 1.82) is 0 Å². The number of carboxylic acids is 1. The van der Waals surface area contributed by atoms with Gasteiger partial charge in [-0.1, -0.05) is 18.2 Å². The molecular weight excluding hydrogens is 259 g/mol. The maximum Gasteiger partial charge on any atom is 0.416 e. The number of halogens is 3. The summed E-state index contributed by atoms with van der Waals surface area (Å²) in [6, 6.07) is 7.38. The van der Waals surface area contributed by atoms with Crippen LogP contribution in [0.3, 0.4) is 0 Å². The molecule has 2 aromatic rings. The molecule has 0 aliphatic carbocycles. The first-order valence-electron chi connectivity index (χ1n) is 5.25. The zero-order chi connectivity index (χ0) is 14.0. The van der Waals surface area contributed by atoms with E-state index < -0.39 is 17.7 Å². The summed E-state index contributed by atoms with van der Waals surface area (Å²) >= 11 is 0. The molecule has 0 aliphatic heterocycles. The Morgan fingerprint density at radius 1 is 1.16 bits per heavy atom. The van der Waals surface area contributed by atoms with Crippen molar-refractivity contribution in [2.24, 2.45) is 0 Å². The number of carbonyl (C=O) groups is 1. The topological polar surface area (TPSA) is 50.2 Å². The van der Waals surface area contributed by atoms with Crippen molar-refractivity contribution >= 4 is 5.97 Å². The van der Waals surface area contributed by atoms with Gasteiger partial charge < -0.3 is 5.11 Å². The normalized spacial score (nSPS) is 11.3. The minimum atomic E-state index is -4.47. The number of hydrogen-bond acceptors (Lipinski definition) is 2. The SMILES string of the molecule is O=C(O)c1ncccc1-c1cccc(C(F)(F)F)c1. The average molecular weight is 267 g/mol. The van der Waals surface area contributed by atoms with Crippen molar-refractivity contribution in [2.45, 2.75) is 6.18 Å². The first-order chi connectivity index (χ1) is 8.89. The molecule has 3 nitrogen and oxygen atoms in total. The molecule has 98 valence electrons. The van der Waals surface area contributed by atoms with Gasteiger partial charge in [-0.05, 0) is 23.8 Å². The highest BCUT2D eigenvalue weighted by Gasteiger charge is 2.30. The quantitative estimate of drug-likeness (QED) is 0.906. The fraction of sp³-hybridized carbons (Fsp3) is 0.0769. The van der Waals surface area contributed by atoms with Crippen LogP contribution in [0.1, 0.15) is 16.1 Å². The summed E-state index contributed by atoms with van der Waals surface area (Å²) in [4.78, 5) is 14.7. The summed E-state index contributed by atoms with van der Waals surface area (Å²) < 4.78 is 37.8. The standard InChI is InChI=1S/C13H8F3NO2/c14-13(15,16)9-4-1-3-8(7-9)10-5-2-6-17-11(10)12(18)19/h1-7H,(H,18,19). The molecule has 0 saturated heterocycles. The van der Waals surface area contributed by atoms with Gasteiger partial charge in [0.2, 0.25) is 0 Å². The summed E-state index contributed by atoms with van der Waals surface area (Å²) in [5, 5.41) is 8.97. The first-order valence-corrected chi connectivity index (χ1v) is 5.25. The van der Waals surface area contributed by atoms with E-state index >= 15 is 0 Å². The second-order valence-electron chi connectivity index (χ2n) is 3.78. The van der Waals surface area contributed by atoms with Crippen molar-refractivity contribution in [1.82, 2.24) is 4.98 Å². The Hall–Kier alpha value is -2.37. The molecule has 1 aromatic heterocycles. The number of hydrogen-bond donors (Lipinski definition) is 1. The molecule has 0 aliphatic rings. The van der Waals surface area contributed by atoms with Crippen LogP contribution in [0, 0.1) is 0 Å². The van der Waals surface area contributed by atoms with Gasteiger partial charge in [0, 0.05) is 11.8 Å². The predicted molar refractivity (Wildman–Crippen MR) is 61.6 cm³/mol. The Morgan fingerprint density at radius 3 is 2.53 bits per heavy atom. The molecule has 0 amide bonds. The van der Waals surface area contributed by atoms with Gasteiger partial charge in [0.05, 0.1) is 5.56 Å². The van der Waals surface area contributed by atoms with Gasteiger partial charge in [0.1, 0.15) is 0 Å². The number of alkyl halides is 3. The van der Waals surface area contributed by atoms with Gasteiger partial charge in [0.15, 0.2) is 5.69 Å². The molecule has 0 radical (unpaired) electrons. The fourth-order valence-corrected chi connectivity index (χ4v) is 1.67. The monoisotopic (exact) mass is 267 g/mol. The second kappa shape index (κ2) is 4.72. The number of nitrogens with zero attached hydrogens (tertiary/aromatic N) is 1. The third-order valence-corrected chi connectivity index (χ3v) is 2.51. The number of aromatic nitrogens is 1. The third kappa shape index (κ3) is 2.73. The van der Waals surface area contributed by atoms with Crippen LogP contribution in [-0.2, 0) is 6.18 Å². The van der Waals surface area contributed by atoms with Gasteiger partial charge in [0.25, 0.3) is 0 Å². The molecule has 6 heteroatoms. The zero-order valence-corrected chi connectivity index (χ0v) is 9.48. The number of pyridine rings is 1. The molecule has 0 bridgehead atoms. The van der Waals surface area contributed by atoms with Gasteiger partial charge >= 0.3 is 12.1 Å². The molecule has 19 heavy (non-hydrogen) atoms. The van der Waals surface area contributed by atoms with Gasteiger partial charge in [-0.2, -0.15) is 13.2 Å². The average Bonchev–Trinajstić information content (AvgIpc) is 2.38. The van der Waals surface area contributed by atoms with Crippen LogP contribution in [0.25, 0.3) is 11.1 Å². The molecule has 1 heterocycles. The molecule has 0 fully saturated rings. The van der Waals surface area contributed by atoms with Crippen LogP contribution in [0.5, 0.6) is 0 Å². The zero-order valence-electron chi connectivity index (χ0n) is 9.48. The molecule has 0 atom stereocenters. The summed E-state index contributed by atoms with van der Waals surface area (Å²) in [7, 11) is 0. The van der Waals surface area contributed by atoms with E-state index in [2.05, 4.69) is 4.98 Å². The van der Waals surface area contributed by atoms with E-state index in [1.165, 1.54) is 30.5 Å². The van der Waals surface area contributed by atoms with Gasteiger partial charge in [-0.3, -0.25) is 0 Å². The molecule has 0 unspecified atom stereocenters. The molecule has 1 aromatic carbocycles. The van der Waals surface area contributed by atoms with Crippen molar-refractivity contribution in [3.8, 4) is 11.1 Å². The minimum Gasteiger partial charge on any atom is -0.476 e. The van der Waals surface area contributed by atoms with E-state index in [0.29, 0.717) is 0 Å². The van der Waals surface area contributed by atoms with Crippen LogP contribution in [0.4, 0.5) is 13.2 Å². The van der Waals surface area contributed by atoms with Gasteiger partial charge in [-0.15, -0.1) is 0 Å². The maximum atomic E-state index is 12.6. The van der Waals surface area contributed by atoms with Gasteiger partial charge in [-0.25, -0.2) is 9.78 Å². The maximum absolute atomic E-state index is 12.6. The molecule has 0 spiro atoms. The highest BCUT2D eigenvalue weighted by Crippen LogP contribution is 2.32. The number of benzene rings is 1. The van der Waals surface area contributed by atoms with E-state index in [-0.39, 0.29) is 16.8 Å². The lowest BCUT2D eigenvalue weighted by atomic mass is 10.0. The molecule has 0 saturated carbocycles. The third-order valence-electron chi connectivity index (χ3n) is 2.51. The number of aromatic carboxylic acids is 1. The summed E-state index contributed by atoms with van der Waals surface area (Å²) in [5.41, 5.74) is -0.784. The summed E-state index contributed by atoms with van der Waals surface area (Å²) in [6.45, 7) is 0. The van der Waals surface area contributed by atoms with E-state index in [4.69, 9.17) is 5.11 Å². The fourth-order valence-electron chi connectivity index (χ4n) is 1.67. The van der Waals surface area contributed by atoms with Crippen molar-refractivity contribution < 1.29 is 23.1 Å². The summed E-state index contributed by atoms with van der Waals surface area (Å²) in [5.74, 6) is -1.28. The lowest BCUT2D eigenvalue weighted by Crippen LogP contribution is -2.06. The Kier molecular flexibility index (Phi) is 3.25. The second-order valence-corrected chi connectivity index (χ2v) is 3.78. The summed E-state index contributed by atoms with van der Waals surface area (Å²) in [6.07, 6.45) is -3.19. The Labute approximate surface area is 106 Å². The number of carboxylic acid groups (broad SMARTS) is 1. The highest BCUT2D eigenvalue weighted by atomic mass is 19.4. The van der Waals surface area contributed by atoms with E-state index in [1.807, 2.05) is 0 Å². The Bertz CT molecular complexity index is 623. The van der Waals surface area contributed by atoms with E-state index in [0.717, 1.165) is 12.1 Å². The largest absolute Gasteiger partial charge is 0.476 e. The smallest absolute Gasteiger partial charge is 0.416 e.